The van der Waals surface area contributed by atoms with E-state index in [-0.39, 0.29) is 0 Å². The highest BCUT2D eigenvalue weighted by atomic mass is 79.9. The molecule has 2 unspecified atom stereocenters. The normalized spacial score (nSPS) is 24.2. The van der Waals surface area contributed by atoms with Gasteiger partial charge < -0.3 is 4.74 Å². The quantitative estimate of drug-likeness (QED) is 0.712. The van der Waals surface area contributed by atoms with Crippen molar-refractivity contribution in [2.24, 2.45) is 0 Å². The molecule has 104 valence electrons. The molecule has 0 bridgehead atoms. The number of benzene rings is 1. The van der Waals surface area contributed by atoms with Crippen LogP contribution in [0.2, 0.25) is 0 Å². The van der Waals surface area contributed by atoms with E-state index in [0.29, 0.717) is 10.9 Å². The molecule has 1 heterocycles. The van der Waals surface area contributed by atoms with E-state index in [1.165, 1.54) is 56.9 Å². The third-order valence-corrected chi connectivity index (χ3v) is 5.49. The summed E-state index contributed by atoms with van der Waals surface area (Å²) in [5.74, 6) is 0. The summed E-state index contributed by atoms with van der Waals surface area (Å²) in [4.78, 5) is 0.490. The fraction of sp³-hybridized carbons (Fsp3) is 0.647. The molecule has 2 aliphatic rings. The maximum atomic E-state index is 5.82. The van der Waals surface area contributed by atoms with Gasteiger partial charge in [0.25, 0.3) is 0 Å². The molecule has 1 aliphatic heterocycles. The zero-order valence-corrected chi connectivity index (χ0v) is 13.1. The third-order valence-electron chi connectivity index (χ3n) is 4.50. The fourth-order valence-corrected chi connectivity index (χ4v) is 3.87. The first-order valence-electron chi connectivity index (χ1n) is 7.70. The van der Waals surface area contributed by atoms with Crippen LogP contribution < -0.4 is 0 Å². The average molecular weight is 323 g/mol. The Hall–Kier alpha value is -0.340. The highest BCUT2D eigenvalue weighted by Crippen LogP contribution is 2.33. The monoisotopic (exact) mass is 322 g/mol. The molecule has 0 amide bonds. The van der Waals surface area contributed by atoms with Gasteiger partial charge in [-0.1, -0.05) is 34.1 Å². The maximum absolute atomic E-state index is 5.82. The van der Waals surface area contributed by atoms with Crippen LogP contribution in [-0.2, 0) is 17.6 Å². The molecular formula is C17H23BrO. The molecule has 0 saturated carbocycles. The van der Waals surface area contributed by atoms with E-state index >= 15 is 0 Å². The summed E-state index contributed by atoms with van der Waals surface area (Å²) in [6.07, 6.45) is 10.6. The lowest BCUT2D eigenvalue weighted by molar-refractivity contribution is 0.0102. The Labute approximate surface area is 124 Å². The summed E-state index contributed by atoms with van der Waals surface area (Å²) in [5.41, 5.74) is 4.60. The topological polar surface area (TPSA) is 9.23 Å². The molecule has 0 aromatic heterocycles. The zero-order chi connectivity index (χ0) is 13.1. The van der Waals surface area contributed by atoms with Crippen molar-refractivity contribution in [3.8, 4) is 0 Å². The Balaban J connectivity index is 1.56. The summed E-state index contributed by atoms with van der Waals surface area (Å²) >= 11 is 3.87. The second kappa shape index (κ2) is 6.41. The largest absolute Gasteiger partial charge is 0.378 e. The number of halogens is 1. The van der Waals surface area contributed by atoms with E-state index in [0.717, 1.165) is 6.61 Å². The van der Waals surface area contributed by atoms with Gasteiger partial charge in [0.05, 0.1) is 6.10 Å². The number of hydrogen-bond donors (Lipinski definition) is 0. The second-order valence-corrected chi connectivity index (χ2v) is 7.02. The number of ether oxygens (including phenoxy) is 1. The second-order valence-electron chi connectivity index (χ2n) is 5.92. The molecule has 1 fully saturated rings. The van der Waals surface area contributed by atoms with Gasteiger partial charge in [0.2, 0.25) is 0 Å². The summed E-state index contributed by atoms with van der Waals surface area (Å²) < 4.78 is 5.82. The van der Waals surface area contributed by atoms with Gasteiger partial charge in [0.15, 0.2) is 0 Å². The van der Waals surface area contributed by atoms with Crippen molar-refractivity contribution >= 4 is 15.9 Å². The molecule has 1 aromatic rings. The molecule has 1 saturated heterocycles. The van der Waals surface area contributed by atoms with Gasteiger partial charge in [0, 0.05) is 11.4 Å². The lowest BCUT2D eigenvalue weighted by Crippen LogP contribution is -2.19. The Bertz CT molecular complexity index is 423. The molecule has 0 N–H and O–H groups in total. The minimum Gasteiger partial charge on any atom is -0.378 e. The standard InChI is InChI=1S/C17H23BrO/c18-17(10-9-16-6-1-2-11-19-16)15-8-7-13-4-3-5-14(13)12-15/h7-8,12,16-17H,1-6,9-11H2. The number of aryl methyl sites for hydroxylation is 2. The van der Waals surface area contributed by atoms with E-state index in [4.69, 9.17) is 4.74 Å². The minimum absolute atomic E-state index is 0.490. The van der Waals surface area contributed by atoms with Crippen LogP contribution in [0.15, 0.2) is 18.2 Å². The van der Waals surface area contributed by atoms with Crippen LogP contribution in [-0.4, -0.2) is 12.7 Å². The SMILES string of the molecule is BrC(CCC1CCCCO1)c1ccc2c(c1)CCC2. The summed E-state index contributed by atoms with van der Waals surface area (Å²) in [6.45, 7) is 0.969. The van der Waals surface area contributed by atoms with Crippen molar-refractivity contribution in [1.29, 1.82) is 0 Å². The van der Waals surface area contributed by atoms with Crippen molar-refractivity contribution in [1.82, 2.24) is 0 Å². The summed E-state index contributed by atoms with van der Waals surface area (Å²) in [6, 6.07) is 7.07. The lowest BCUT2D eigenvalue weighted by atomic mass is 9.99. The van der Waals surface area contributed by atoms with Gasteiger partial charge in [-0.15, -0.1) is 0 Å². The average Bonchev–Trinajstić information content (AvgIpc) is 2.93. The third kappa shape index (κ3) is 3.41. The van der Waals surface area contributed by atoms with Crippen LogP contribution in [0.25, 0.3) is 0 Å². The van der Waals surface area contributed by atoms with Gasteiger partial charge in [-0.3, -0.25) is 0 Å². The number of alkyl halides is 1. The predicted octanol–water partition coefficient (Wildman–Crippen LogP) is 4.96. The van der Waals surface area contributed by atoms with Gasteiger partial charge in [-0.05, 0) is 68.1 Å². The molecule has 0 radical (unpaired) electrons. The maximum Gasteiger partial charge on any atom is 0.0575 e. The first kappa shape index (κ1) is 13.6. The van der Waals surface area contributed by atoms with Crippen molar-refractivity contribution in [3.63, 3.8) is 0 Å². The smallest absolute Gasteiger partial charge is 0.0575 e. The highest BCUT2D eigenvalue weighted by molar-refractivity contribution is 9.09. The van der Waals surface area contributed by atoms with Crippen molar-refractivity contribution in [2.75, 3.05) is 6.61 Å². The first-order valence-corrected chi connectivity index (χ1v) is 8.62. The van der Waals surface area contributed by atoms with Gasteiger partial charge >= 0.3 is 0 Å². The van der Waals surface area contributed by atoms with E-state index < -0.39 is 0 Å². The number of rotatable bonds is 4. The van der Waals surface area contributed by atoms with Gasteiger partial charge in [-0.2, -0.15) is 0 Å². The Kier molecular flexibility index (Phi) is 4.60. The van der Waals surface area contributed by atoms with Crippen molar-refractivity contribution in [3.05, 3.63) is 34.9 Å². The molecule has 2 atom stereocenters. The lowest BCUT2D eigenvalue weighted by Gasteiger charge is -2.23. The van der Waals surface area contributed by atoms with Crippen LogP contribution in [0.1, 0.15) is 60.0 Å². The molecular weight excluding hydrogens is 300 g/mol. The molecule has 1 nitrogen and oxygen atoms in total. The summed E-state index contributed by atoms with van der Waals surface area (Å²) in [7, 11) is 0. The fourth-order valence-electron chi connectivity index (χ4n) is 3.32. The van der Waals surface area contributed by atoms with Crippen LogP contribution >= 0.6 is 15.9 Å². The molecule has 1 aromatic carbocycles. The Morgan fingerprint density at radius 2 is 2.05 bits per heavy atom. The Morgan fingerprint density at radius 1 is 1.16 bits per heavy atom. The van der Waals surface area contributed by atoms with Crippen molar-refractivity contribution < 1.29 is 4.74 Å². The molecule has 1 aliphatic carbocycles. The van der Waals surface area contributed by atoms with Crippen LogP contribution in [0.5, 0.6) is 0 Å². The Morgan fingerprint density at radius 3 is 2.89 bits per heavy atom. The van der Waals surface area contributed by atoms with E-state index in [2.05, 4.69) is 34.1 Å². The first-order chi connectivity index (χ1) is 9.33. The van der Waals surface area contributed by atoms with Crippen molar-refractivity contribution in [2.45, 2.75) is 62.3 Å². The molecule has 3 rings (SSSR count). The van der Waals surface area contributed by atoms with E-state index in [9.17, 15) is 0 Å². The highest BCUT2D eigenvalue weighted by Gasteiger charge is 2.18. The predicted molar refractivity (Wildman–Crippen MR) is 83.0 cm³/mol. The van der Waals surface area contributed by atoms with Gasteiger partial charge in [-0.25, -0.2) is 0 Å². The molecule has 19 heavy (non-hydrogen) atoms. The van der Waals surface area contributed by atoms with Crippen LogP contribution in [0, 0.1) is 0 Å². The number of fused-ring (bicyclic) bond motifs is 1. The van der Waals surface area contributed by atoms with Gasteiger partial charge in [0.1, 0.15) is 0 Å². The molecule has 0 spiro atoms. The number of hydrogen-bond acceptors (Lipinski definition) is 1. The summed E-state index contributed by atoms with van der Waals surface area (Å²) in [5, 5.41) is 0. The van der Waals surface area contributed by atoms with Crippen LogP contribution in [0.4, 0.5) is 0 Å². The molecule has 2 heteroatoms. The minimum atomic E-state index is 0.490. The van der Waals surface area contributed by atoms with E-state index in [1.807, 2.05) is 0 Å². The van der Waals surface area contributed by atoms with E-state index in [1.54, 1.807) is 11.1 Å². The zero-order valence-electron chi connectivity index (χ0n) is 11.5. The van der Waals surface area contributed by atoms with Crippen LogP contribution in [0.3, 0.4) is 0 Å².